The molecule has 0 amide bonds. The van der Waals surface area contributed by atoms with Crippen LogP contribution in [0.4, 0.5) is 0 Å². The SMILES string of the molecule is CCOc1ccc(-c2[nH]nc3c2[C@H](c2ccc(OC)c(OC)c2OC)C(C#N)=C(N)O3)cc1OC. The minimum absolute atomic E-state index is 0.0378. The smallest absolute Gasteiger partial charge is 0.244 e. The summed E-state index contributed by atoms with van der Waals surface area (Å²) < 4.78 is 33.6. The quantitative estimate of drug-likeness (QED) is 0.497. The molecule has 0 unspecified atom stereocenters. The van der Waals surface area contributed by atoms with E-state index in [0.717, 1.165) is 5.56 Å². The molecule has 0 spiro atoms. The number of nitriles is 1. The molecule has 1 aliphatic heterocycles. The summed E-state index contributed by atoms with van der Waals surface area (Å²) in [7, 11) is 6.15. The number of hydrogen-bond acceptors (Lipinski definition) is 9. The van der Waals surface area contributed by atoms with Crippen LogP contribution in [0.3, 0.4) is 0 Å². The summed E-state index contributed by atoms with van der Waals surface area (Å²) in [5.74, 6) is 2.01. The minimum Gasteiger partial charge on any atom is -0.493 e. The highest BCUT2D eigenvalue weighted by Crippen LogP contribution is 2.51. The normalized spacial score (nSPS) is 14.5. The zero-order valence-electron chi connectivity index (χ0n) is 20.1. The van der Waals surface area contributed by atoms with Gasteiger partial charge in [-0.15, -0.1) is 5.10 Å². The van der Waals surface area contributed by atoms with Crippen LogP contribution in [-0.2, 0) is 0 Å². The number of allylic oxidation sites excluding steroid dienone is 1. The topological polar surface area (TPSA) is 134 Å². The molecule has 10 heteroatoms. The first kappa shape index (κ1) is 23.6. The summed E-state index contributed by atoms with van der Waals surface area (Å²) in [5.41, 5.74) is 8.99. The first-order valence-electron chi connectivity index (χ1n) is 10.8. The average Bonchev–Trinajstić information content (AvgIpc) is 3.30. The van der Waals surface area contributed by atoms with E-state index >= 15 is 0 Å². The van der Waals surface area contributed by atoms with Gasteiger partial charge in [0.25, 0.3) is 0 Å². The van der Waals surface area contributed by atoms with Gasteiger partial charge in [0.2, 0.25) is 17.5 Å². The fourth-order valence-corrected chi connectivity index (χ4v) is 4.23. The molecular formula is C25H26N4O6. The maximum Gasteiger partial charge on any atom is 0.244 e. The number of H-pyrrole nitrogens is 1. The van der Waals surface area contributed by atoms with Crippen LogP contribution in [-0.4, -0.2) is 45.2 Å². The van der Waals surface area contributed by atoms with Gasteiger partial charge in [0.15, 0.2) is 23.0 Å². The lowest BCUT2D eigenvalue weighted by Crippen LogP contribution is -2.21. The number of aromatic amines is 1. The van der Waals surface area contributed by atoms with Crippen molar-refractivity contribution in [1.82, 2.24) is 10.2 Å². The molecule has 1 aromatic heterocycles. The Kier molecular flexibility index (Phi) is 6.59. The van der Waals surface area contributed by atoms with E-state index in [1.807, 2.05) is 25.1 Å². The molecule has 2 aromatic carbocycles. The summed E-state index contributed by atoms with van der Waals surface area (Å²) in [6.07, 6.45) is 0. The number of nitrogens with two attached hydrogens (primary N) is 1. The Morgan fingerprint density at radius 3 is 2.34 bits per heavy atom. The standard InChI is InChI=1S/C25H26N4O6/c1-6-34-16-9-7-13(11-18(16)31-3)21-20-19(15(12-26)24(27)35-25(20)29-28-21)14-8-10-17(30-2)23(33-5)22(14)32-4/h7-11,19H,6,27H2,1-5H3,(H,28,29)/t19-/m1/s1. The van der Waals surface area contributed by atoms with E-state index in [-0.39, 0.29) is 17.3 Å². The van der Waals surface area contributed by atoms with Crippen molar-refractivity contribution in [2.24, 2.45) is 5.73 Å². The molecule has 1 atom stereocenters. The fraction of sp³-hybridized carbons (Fsp3) is 0.280. The van der Waals surface area contributed by atoms with E-state index < -0.39 is 5.92 Å². The molecule has 2 heterocycles. The predicted octanol–water partition coefficient (Wildman–Crippen LogP) is 3.73. The molecule has 3 N–H and O–H groups in total. The molecule has 10 nitrogen and oxygen atoms in total. The Morgan fingerprint density at radius 1 is 1.00 bits per heavy atom. The highest BCUT2D eigenvalue weighted by molar-refractivity contribution is 5.74. The molecule has 182 valence electrons. The van der Waals surface area contributed by atoms with Crippen molar-refractivity contribution in [2.75, 3.05) is 35.0 Å². The number of methoxy groups -OCH3 is 4. The third-order valence-corrected chi connectivity index (χ3v) is 5.74. The molecule has 4 rings (SSSR count). The number of nitrogens with zero attached hydrogens (tertiary/aromatic N) is 2. The van der Waals surface area contributed by atoms with Crippen LogP contribution in [0.25, 0.3) is 11.3 Å². The van der Waals surface area contributed by atoms with Crippen molar-refractivity contribution in [2.45, 2.75) is 12.8 Å². The van der Waals surface area contributed by atoms with Crippen molar-refractivity contribution in [3.63, 3.8) is 0 Å². The zero-order valence-corrected chi connectivity index (χ0v) is 20.1. The Hall–Kier alpha value is -4.52. The van der Waals surface area contributed by atoms with E-state index in [1.54, 1.807) is 19.2 Å². The van der Waals surface area contributed by atoms with Crippen LogP contribution < -0.4 is 34.2 Å². The second kappa shape index (κ2) is 9.77. The highest BCUT2D eigenvalue weighted by atomic mass is 16.5. The van der Waals surface area contributed by atoms with E-state index in [4.69, 9.17) is 34.2 Å². The second-order valence-electron chi connectivity index (χ2n) is 7.46. The van der Waals surface area contributed by atoms with Gasteiger partial charge in [-0.25, -0.2) is 0 Å². The molecule has 35 heavy (non-hydrogen) atoms. The van der Waals surface area contributed by atoms with Crippen LogP contribution in [0, 0.1) is 11.3 Å². The number of aromatic nitrogens is 2. The number of ether oxygens (including phenoxy) is 6. The summed E-state index contributed by atoms with van der Waals surface area (Å²) in [6.45, 7) is 2.40. The van der Waals surface area contributed by atoms with Crippen molar-refractivity contribution in [3.05, 3.63) is 52.9 Å². The zero-order chi connectivity index (χ0) is 25.1. The summed E-state index contributed by atoms with van der Waals surface area (Å²) >= 11 is 0. The van der Waals surface area contributed by atoms with Gasteiger partial charge in [-0.1, -0.05) is 6.07 Å². The van der Waals surface area contributed by atoms with Crippen molar-refractivity contribution in [3.8, 4) is 52.0 Å². The van der Waals surface area contributed by atoms with E-state index in [2.05, 4.69) is 16.3 Å². The summed E-state index contributed by atoms with van der Waals surface area (Å²) in [5, 5.41) is 17.4. The van der Waals surface area contributed by atoms with Gasteiger partial charge in [-0.3, -0.25) is 5.10 Å². The fourth-order valence-electron chi connectivity index (χ4n) is 4.23. The average molecular weight is 479 g/mol. The van der Waals surface area contributed by atoms with Gasteiger partial charge in [0.1, 0.15) is 11.6 Å². The second-order valence-corrected chi connectivity index (χ2v) is 7.46. The van der Waals surface area contributed by atoms with E-state index in [0.29, 0.717) is 52.2 Å². The van der Waals surface area contributed by atoms with E-state index in [9.17, 15) is 5.26 Å². The van der Waals surface area contributed by atoms with Crippen LogP contribution in [0.15, 0.2) is 41.8 Å². The van der Waals surface area contributed by atoms with Gasteiger partial charge >= 0.3 is 0 Å². The van der Waals surface area contributed by atoms with Gasteiger partial charge in [-0.05, 0) is 31.2 Å². The highest BCUT2D eigenvalue weighted by Gasteiger charge is 2.38. The Balaban J connectivity index is 1.97. The number of rotatable bonds is 8. The van der Waals surface area contributed by atoms with Gasteiger partial charge < -0.3 is 34.2 Å². The third kappa shape index (κ3) is 3.91. The number of hydrogen-bond donors (Lipinski definition) is 2. The maximum atomic E-state index is 10.1. The Labute approximate surface area is 202 Å². The molecule has 0 aliphatic carbocycles. The molecule has 0 bridgehead atoms. The maximum absolute atomic E-state index is 10.1. The van der Waals surface area contributed by atoms with Crippen LogP contribution in [0.1, 0.15) is 24.0 Å². The molecule has 0 fully saturated rings. The van der Waals surface area contributed by atoms with Gasteiger partial charge in [0.05, 0.1) is 52.2 Å². The van der Waals surface area contributed by atoms with Gasteiger partial charge in [0, 0.05) is 11.1 Å². The predicted molar refractivity (Wildman–Crippen MR) is 127 cm³/mol. The molecular weight excluding hydrogens is 452 g/mol. The van der Waals surface area contributed by atoms with Crippen LogP contribution in [0.2, 0.25) is 0 Å². The molecule has 1 aliphatic rings. The molecule has 0 radical (unpaired) electrons. The first-order valence-corrected chi connectivity index (χ1v) is 10.8. The molecule has 0 saturated carbocycles. The van der Waals surface area contributed by atoms with Crippen molar-refractivity contribution >= 4 is 0 Å². The van der Waals surface area contributed by atoms with Crippen molar-refractivity contribution in [1.29, 1.82) is 5.26 Å². The lowest BCUT2D eigenvalue weighted by atomic mass is 9.82. The van der Waals surface area contributed by atoms with Crippen LogP contribution in [0.5, 0.6) is 34.6 Å². The lowest BCUT2D eigenvalue weighted by molar-refractivity contribution is 0.311. The Morgan fingerprint density at radius 2 is 1.71 bits per heavy atom. The largest absolute Gasteiger partial charge is 0.493 e. The molecule has 0 saturated heterocycles. The van der Waals surface area contributed by atoms with Crippen molar-refractivity contribution < 1.29 is 28.4 Å². The van der Waals surface area contributed by atoms with Crippen LogP contribution >= 0.6 is 0 Å². The van der Waals surface area contributed by atoms with E-state index in [1.165, 1.54) is 21.3 Å². The first-order chi connectivity index (χ1) is 17.0. The third-order valence-electron chi connectivity index (χ3n) is 5.74. The number of nitrogens with one attached hydrogen (secondary N) is 1. The monoisotopic (exact) mass is 478 g/mol. The van der Waals surface area contributed by atoms with Gasteiger partial charge in [-0.2, -0.15) is 5.26 Å². The summed E-state index contributed by atoms with van der Waals surface area (Å²) in [4.78, 5) is 0. The Bertz CT molecular complexity index is 1320. The number of benzene rings is 2. The lowest BCUT2D eigenvalue weighted by Gasteiger charge is -2.26. The number of fused-ring (bicyclic) bond motifs is 1. The summed E-state index contributed by atoms with van der Waals surface area (Å²) in [6, 6.07) is 11.3. The molecule has 3 aromatic rings. The minimum atomic E-state index is -0.662.